The topological polar surface area (TPSA) is 41.1 Å². The van der Waals surface area contributed by atoms with E-state index in [-0.39, 0.29) is 11.9 Å². The largest absolute Gasteiger partial charge is 0.287 e. The smallest absolute Gasteiger partial charge is 0.265 e. The maximum atomic E-state index is 12.1. The predicted octanol–water partition coefficient (Wildman–Crippen LogP) is 4.55. The van der Waals surface area contributed by atoms with E-state index >= 15 is 0 Å². The minimum Gasteiger partial charge on any atom is -0.287 e. The molecule has 2 N–H and O–H groups in total. The van der Waals surface area contributed by atoms with Crippen molar-refractivity contribution >= 4 is 29.1 Å². The van der Waals surface area contributed by atoms with E-state index in [9.17, 15) is 4.79 Å². The third-order valence-corrected chi connectivity index (χ3v) is 3.65. The second-order valence-electron chi connectivity index (χ2n) is 4.73. The minimum absolute atomic E-state index is 0.0778. The Morgan fingerprint density at radius 3 is 2.14 bits per heavy atom. The molecule has 0 aliphatic heterocycles. The van der Waals surface area contributed by atoms with Crippen molar-refractivity contribution in [3.63, 3.8) is 0 Å². The molecule has 2 aromatic carbocycles. The van der Waals surface area contributed by atoms with Crippen LogP contribution < -0.4 is 10.9 Å². The van der Waals surface area contributed by atoms with Gasteiger partial charge in [0.1, 0.15) is 0 Å². The molecule has 0 aliphatic rings. The highest BCUT2D eigenvalue weighted by atomic mass is 35.5. The molecule has 0 spiro atoms. The van der Waals surface area contributed by atoms with Gasteiger partial charge in [-0.15, -0.1) is 6.58 Å². The zero-order valence-corrected chi connectivity index (χ0v) is 13.4. The van der Waals surface area contributed by atoms with Crippen LogP contribution in [0.5, 0.6) is 0 Å². The van der Waals surface area contributed by atoms with Crippen LogP contribution in [0.3, 0.4) is 0 Å². The number of carbonyl (C=O) groups is 1. The Morgan fingerprint density at radius 1 is 1.05 bits per heavy atom. The number of rotatable bonds is 6. The highest BCUT2D eigenvalue weighted by Gasteiger charge is 2.12. The van der Waals surface area contributed by atoms with Crippen molar-refractivity contribution in [3.8, 4) is 0 Å². The zero-order valence-electron chi connectivity index (χ0n) is 11.9. The Kier molecular flexibility index (Phi) is 6.01. The number of hydrogen-bond acceptors (Lipinski definition) is 2. The minimum atomic E-state index is -0.223. The summed E-state index contributed by atoms with van der Waals surface area (Å²) in [6.07, 6.45) is 2.46. The van der Waals surface area contributed by atoms with Gasteiger partial charge in [-0.3, -0.25) is 10.2 Å². The summed E-state index contributed by atoms with van der Waals surface area (Å²) in [5.41, 5.74) is 7.27. The van der Waals surface area contributed by atoms with Crippen molar-refractivity contribution in [2.45, 2.75) is 12.5 Å². The van der Waals surface area contributed by atoms with Crippen LogP contribution in [-0.2, 0) is 0 Å². The lowest BCUT2D eigenvalue weighted by molar-refractivity contribution is 0.0925. The average Bonchev–Trinajstić information content (AvgIpc) is 2.53. The van der Waals surface area contributed by atoms with Gasteiger partial charge in [-0.2, -0.15) is 0 Å². The van der Waals surface area contributed by atoms with E-state index < -0.39 is 0 Å². The Balaban J connectivity index is 2.02. The number of hydrazine groups is 1. The van der Waals surface area contributed by atoms with E-state index in [1.807, 2.05) is 24.3 Å². The lowest BCUT2D eigenvalue weighted by Gasteiger charge is -2.18. The molecule has 3 nitrogen and oxygen atoms in total. The predicted molar refractivity (Wildman–Crippen MR) is 91.1 cm³/mol. The molecule has 0 fully saturated rings. The molecule has 0 aromatic heterocycles. The van der Waals surface area contributed by atoms with Crippen LogP contribution in [0.4, 0.5) is 0 Å². The summed E-state index contributed by atoms with van der Waals surface area (Å²) >= 11 is 11.7. The molecular weight excluding hydrogens is 319 g/mol. The summed E-state index contributed by atoms with van der Waals surface area (Å²) in [5.74, 6) is -0.223. The van der Waals surface area contributed by atoms with Gasteiger partial charge in [0.25, 0.3) is 5.91 Å². The van der Waals surface area contributed by atoms with Crippen molar-refractivity contribution in [2.75, 3.05) is 0 Å². The van der Waals surface area contributed by atoms with Crippen molar-refractivity contribution < 1.29 is 4.79 Å². The molecule has 22 heavy (non-hydrogen) atoms. The highest BCUT2D eigenvalue weighted by molar-refractivity contribution is 6.30. The Hall–Kier alpha value is -1.81. The van der Waals surface area contributed by atoms with Crippen LogP contribution in [0.2, 0.25) is 10.0 Å². The van der Waals surface area contributed by atoms with Crippen LogP contribution in [0.15, 0.2) is 61.2 Å². The monoisotopic (exact) mass is 334 g/mol. The number of amides is 1. The van der Waals surface area contributed by atoms with Gasteiger partial charge in [-0.05, 0) is 48.4 Å². The first kappa shape index (κ1) is 16.6. The fraction of sp³-hybridized carbons (Fsp3) is 0.118. The van der Waals surface area contributed by atoms with E-state index in [2.05, 4.69) is 17.4 Å². The first-order valence-corrected chi connectivity index (χ1v) is 7.53. The van der Waals surface area contributed by atoms with Gasteiger partial charge in [0, 0.05) is 15.6 Å². The van der Waals surface area contributed by atoms with Crippen molar-refractivity contribution in [1.82, 2.24) is 10.9 Å². The van der Waals surface area contributed by atoms with Gasteiger partial charge in [-0.1, -0.05) is 41.4 Å². The Bertz CT molecular complexity index is 639. The zero-order chi connectivity index (χ0) is 15.9. The molecular formula is C17H16Cl2N2O. The molecule has 5 heteroatoms. The van der Waals surface area contributed by atoms with Crippen molar-refractivity contribution in [1.29, 1.82) is 0 Å². The van der Waals surface area contributed by atoms with Crippen LogP contribution in [0.25, 0.3) is 0 Å². The summed E-state index contributed by atoms with van der Waals surface area (Å²) in [6.45, 7) is 3.75. The number of benzene rings is 2. The molecule has 1 amide bonds. The average molecular weight is 335 g/mol. The summed E-state index contributed by atoms with van der Waals surface area (Å²) < 4.78 is 0. The van der Waals surface area contributed by atoms with Gasteiger partial charge in [-0.25, -0.2) is 5.43 Å². The number of halogens is 2. The maximum absolute atomic E-state index is 12.1. The van der Waals surface area contributed by atoms with Gasteiger partial charge >= 0.3 is 0 Å². The molecule has 2 aromatic rings. The standard InChI is InChI=1S/C17H16Cl2N2O/c1-2-3-16(12-4-8-14(18)9-5-12)20-21-17(22)13-6-10-15(19)11-7-13/h2,4-11,16,20H,1,3H2,(H,21,22). The van der Waals surface area contributed by atoms with Crippen molar-refractivity contribution in [3.05, 3.63) is 82.4 Å². The number of carbonyl (C=O) groups excluding carboxylic acids is 1. The fourth-order valence-corrected chi connectivity index (χ4v) is 2.22. The lowest BCUT2D eigenvalue weighted by atomic mass is 10.0. The Labute approximate surface area is 139 Å². The van der Waals surface area contributed by atoms with E-state index in [0.29, 0.717) is 22.0 Å². The number of nitrogens with one attached hydrogen (secondary N) is 2. The first-order chi connectivity index (χ1) is 10.6. The summed E-state index contributed by atoms with van der Waals surface area (Å²) in [6, 6.07) is 14.1. The van der Waals surface area contributed by atoms with Gasteiger partial charge in [0.05, 0.1) is 6.04 Å². The van der Waals surface area contributed by atoms with Crippen LogP contribution >= 0.6 is 23.2 Å². The second-order valence-corrected chi connectivity index (χ2v) is 5.61. The molecule has 1 atom stereocenters. The van der Waals surface area contributed by atoms with Gasteiger partial charge < -0.3 is 0 Å². The third kappa shape index (κ3) is 4.60. The summed E-state index contributed by atoms with van der Waals surface area (Å²) in [4.78, 5) is 12.1. The molecule has 114 valence electrons. The third-order valence-electron chi connectivity index (χ3n) is 3.14. The Morgan fingerprint density at radius 2 is 1.59 bits per heavy atom. The van der Waals surface area contributed by atoms with Gasteiger partial charge in [0.2, 0.25) is 0 Å². The van der Waals surface area contributed by atoms with E-state index in [1.165, 1.54) is 0 Å². The molecule has 0 heterocycles. The maximum Gasteiger partial charge on any atom is 0.265 e. The van der Waals surface area contributed by atoms with Crippen LogP contribution in [0, 0.1) is 0 Å². The highest BCUT2D eigenvalue weighted by Crippen LogP contribution is 2.19. The van der Waals surface area contributed by atoms with Gasteiger partial charge in [0.15, 0.2) is 0 Å². The fourth-order valence-electron chi connectivity index (χ4n) is 1.97. The molecule has 0 bridgehead atoms. The molecule has 1 unspecified atom stereocenters. The van der Waals surface area contributed by atoms with E-state index in [1.54, 1.807) is 30.3 Å². The molecule has 0 saturated carbocycles. The second kappa shape index (κ2) is 7.99. The van der Waals surface area contributed by atoms with Crippen molar-refractivity contribution in [2.24, 2.45) is 0 Å². The first-order valence-electron chi connectivity index (χ1n) is 6.78. The van der Waals surface area contributed by atoms with Crippen LogP contribution in [0.1, 0.15) is 28.4 Å². The SMILES string of the molecule is C=CCC(NNC(=O)c1ccc(Cl)cc1)c1ccc(Cl)cc1. The van der Waals surface area contributed by atoms with E-state index in [4.69, 9.17) is 23.2 Å². The molecule has 0 aliphatic carbocycles. The normalized spacial score (nSPS) is 11.7. The molecule has 2 rings (SSSR count). The quantitative estimate of drug-likeness (QED) is 0.601. The molecule has 0 saturated heterocycles. The molecule has 0 radical (unpaired) electrons. The number of hydrogen-bond donors (Lipinski definition) is 2. The van der Waals surface area contributed by atoms with Crippen LogP contribution in [-0.4, -0.2) is 5.91 Å². The summed E-state index contributed by atoms with van der Waals surface area (Å²) in [5, 5.41) is 1.27. The van der Waals surface area contributed by atoms with E-state index in [0.717, 1.165) is 5.56 Å². The summed E-state index contributed by atoms with van der Waals surface area (Å²) in [7, 11) is 0. The lowest BCUT2D eigenvalue weighted by Crippen LogP contribution is -2.39.